The van der Waals surface area contributed by atoms with Crippen LogP contribution < -0.4 is 24.9 Å². The number of methoxy groups -OCH3 is 1. The fourth-order valence-corrected chi connectivity index (χ4v) is 6.95. The van der Waals surface area contributed by atoms with Crippen LogP contribution in [0.1, 0.15) is 40.9 Å². The van der Waals surface area contributed by atoms with Crippen molar-refractivity contribution < 1.29 is 9.53 Å². The lowest BCUT2D eigenvalue weighted by atomic mass is 9.95. The Morgan fingerprint density at radius 1 is 1.09 bits per heavy atom. The first-order valence-corrected chi connectivity index (χ1v) is 15.1. The minimum atomic E-state index is -0.686. The van der Waals surface area contributed by atoms with E-state index < -0.39 is 6.04 Å². The van der Waals surface area contributed by atoms with E-state index in [-0.39, 0.29) is 11.5 Å². The van der Waals surface area contributed by atoms with E-state index in [0.29, 0.717) is 38.6 Å². The molecule has 0 aliphatic carbocycles. The Morgan fingerprint density at radius 2 is 1.84 bits per heavy atom. The lowest BCUT2D eigenvalue weighted by molar-refractivity contribution is -0.113. The zero-order chi connectivity index (χ0) is 31.1. The minimum Gasteiger partial charge on any atom is -0.497 e. The first-order valence-electron chi connectivity index (χ1n) is 14.3. The van der Waals surface area contributed by atoms with E-state index in [9.17, 15) is 9.59 Å². The molecule has 220 valence electrons. The van der Waals surface area contributed by atoms with E-state index >= 15 is 0 Å². The summed E-state index contributed by atoms with van der Waals surface area (Å²) in [6.07, 6.45) is 7.61. The number of rotatable bonds is 6. The van der Waals surface area contributed by atoms with Crippen LogP contribution in [0, 0.1) is 33.1 Å². The van der Waals surface area contributed by atoms with Crippen molar-refractivity contribution in [1.82, 2.24) is 9.13 Å². The molecule has 44 heavy (non-hydrogen) atoms. The number of aryl methyl sites for hydroxylation is 2. The third-order valence-electron chi connectivity index (χ3n) is 8.13. The van der Waals surface area contributed by atoms with Gasteiger partial charge in [0.15, 0.2) is 4.80 Å². The second kappa shape index (κ2) is 11.5. The lowest BCUT2D eigenvalue weighted by Gasteiger charge is -2.25. The molecule has 6 rings (SSSR count). The molecule has 1 amide bonds. The van der Waals surface area contributed by atoms with Gasteiger partial charge in [0.2, 0.25) is 0 Å². The Kier molecular flexibility index (Phi) is 7.58. The summed E-state index contributed by atoms with van der Waals surface area (Å²) in [5.41, 5.74) is 7.23. The topological polar surface area (TPSA) is 77.6 Å². The molecule has 1 atom stereocenters. The van der Waals surface area contributed by atoms with Gasteiger partial charge < -0.3 is 14.6 Å². The molecule has 3 heterocycles. The number of aromatic nitrogens is 2. The van der Waals surface area contributed by atoms with Crippen molar-refractivity contribution in [2.24, 2.45) is 4.99 Å². The molecule has 7 nitrogen and oxygen atoms in total. The van der Waals surface area contributed by atoms with Crippen LogP contribution in [-0.2, 0) is 11.3 Å². The largest absolute Gasteiger partial charge is 0.497 e. The fraction of sp³-hybridized carbons (Fsp3) is 0.194. The van der Waals surface area contributed by atoms with Crippen molar-refractivity contribution in [2.75, 3.05) is 12.4 Å². The van der Waals surface area contributed by atoms with Gasteiger partial charge in [0.05, 0.1) is 35.5 Å². The third-order valence-corrected chi connectivity index (χ3v) is 9.12. The van der Waals surface area contributed by atoms with Crippen LogP contribution >= 0.6 is 11.3 Å². The lowest BCUT2D eigenvalue weighted by Crippen LogP contribution is -2.40. The van der Waals surface area contributed by atoms with Crippen molar-refractivity contribution >= 4 is 39.9 Å². The van der Waals surface area contributed by atoms with E-state index in [1.165, 1.54) is 11.3 Å². The number of carbonyl (C=O) groups excluding carboxylic acids is 1. The third kappa shape index (κ3) is 4.95. The first-order chi connectivity index (χ1) is 21.2. The average Bonchev–Trinajstić information content (AvgIpc) is 3.46. The van der Waals surface area contributed by atoms with Crippen LogP contribution in [-0.4, -0.2) is 22.2 Å². The summed E-state index contributed by atoms with van der Waals surface area (Å²) in [5.74, 6) is 3.12. The number of carbonyl (C=O) groups is 1. The van der Waals surface area contributed by atoms with Gasteiger partial charge in [0, 0.05) is 27.8 Å². The van der Waals surface area contributed by atoms with Crippen molar-refractivity contribution in [3.63, 3.8) is 0 Å². The maximum atomic E-state index is 14.3. The molecule has 0 bridgehead atoms. The maximum Gasteiger partial charge on any atom is 0.271 e. The Hall–Kier alpha value is -5.13. The Labute approximate surface area is 259 Å². The van der Waals surface area contributed by atoms with Gasteiger partial charge in [-0.05, 0) is 69.2 Å². The van der Waals surface area contributed by atoms with Gasteiger partial charge in [-0.2, -0.15) is 0 Å². The maximum absolute atomic E-state index is 14.3. The summed E-state index contributed by atoms with van der Waals surface area (Å²) < 4.78 is 9.63. The van der Waals surface area contributed by atoms with Crippen LogP contribution in [0.4, 0.5) is 5.69 Å². The molecule has 8 heteroatoms. The van der Waals surface area contributed by atoms with Crippen molar-refractivity contribution in [3.8, 4) is 18.1 Å². The van der Waals surface area contributed by atoms with E-state index in [2.05, 4.69) is 15.8 Å². The normalized spacial score (nSPS) is 14.7. The molecule has 0 fully saturated rings. The molecular weight excluding hydrogens is 568 g/mol. The van der Waals surface area contributed by atoms with Gasteiger partial charge in [0.1, 0.15) is 5.75 Å². The number of benzene rings is 3. The highest BCUT2D eigenvalue weighted by atomic mass is 32.1. The van der Waals surface area contributed by atoms with Gasteiger partial charge in [-0.25, -0.2) is 4.99 Å². The highest BCUT2D eigenvalue weighted by molar-refractivity contribution is 7.07. The molecular formula is C36H32N4O3S. The number of hydrogen-bond acceptors (Lipinski definition) is 5. The molecule has 1 aliphatic rings. The second-order valence-corrected chi connectivity index (χ2v) is 11.9. The first kappa shape index (κ1) is 29.0. The van der Waals surface area contributed by atoms with Gasteiger partial charge >= 0.3 is 0 Å². The van der Waals surface area contributed by atoms with Crippen LogP contribution in [0.15, 0.2) is 87.8 Å². The van der Waals surface area contributed by atoms with Crippen molar-refractivity contribution in [2.45, 2.75) is 40.3 Å². The number of amides is 1. The van der Waals surface area contributed by atoms with Crippen LogP contribution in [0.2, 0.25) is 0 Å². The molecule has 1 N–H and O–H groups in total. The highest BCUT2D eigenvalue weighted by Gasteiger charge is 2.33. The van der Waals surface area contributed by atoms with Gasteiger partial charge in [0.25, 0.3) is 11.5 Å². The molecule has 0 saturated carbocycles. The number of allylic oxidation sites excluding steroid dienone is 1. The number of anilines is 1. The number of para-hydroxylation sites is 1. The SMILES string of the molecule is C#CCn1c(C)c(/C=c2\sc3n(c2=O)[C@H](c2ccc(OC)cc2)C(C(=O)Nc2ccc(C)cc2C)=C(C)N=3)c2ccccc21. The summed E-state index contributed by atoms with van der Waals surface area (Å²) in [5, 5.41) is 4.10. The molecule has 0 radical (unpaired) electrons. The van der Waals surface area contributed by atoms with Crippen LogP contribution in [0.5, 0.6) is 5.75 Å². The van der Waals surface area contributed by atoms with E-state index in [1.807, 2.05) is 101 Å². The van der Waals surface area contributed by atoms with Gasteiger partial charge in [-0.1, -0.05) is 65.3 Å². The smallest absolute Gasteiger partial charge is 0.271 e. The zero-order valence-electron chi connectivity index (χ0n) is 25.3. The highest BCUT2D eigenvalue weighted by Crippen LogP contribution is 2.32. The standard InChI is InChI=1S/C36H32N4O3S/c1-7-18-39-24(5)28(27-10-8-9-11-30(27)39)20-31-35(42)40-33(25-13-15-26(43-6)16-14-25)32(23(4)37-36(40)44-31)34(41)38-29-17-12-21(2)19-22(29)3/h1,8-17,19-20,33H,18H2,2-6H3,(H,38,41)/b31-20-/t33-/m1/s1. The van der Waals surface area contributed by atoms with Gasteiger partial charge in [-0.15, -0.1) is 6.42 Å². The van der Waals surface area contributed by atoms with Crippen LogP contribution in [0.3, 0.4) is 0 Å². The molecule has 2 aromatic heterocycles. The zero-order valence-corrected chi connectivity index (χ0v) is 26.1. The predicted octanol–water partition coefficient (Wildman–Crippen LogP) is 5.40. The monoisotopic (exact) mass is 600 g/mol. The van der Waals surface area contributed by atoms with Gasteiger partial charge in [-0.3, -0.25) is 14.2 Å². The molecule has 0 spiro atoms. The Bertz CT molecular complexity index is 2210. The molecule has 1 aliphatic heterocycles. The number of fused-ring (bicyclic) bond motifs is 2. The number of nitrogens with one attached hydrogen (secondary N) is 1. The molecule has 0 unspecified atom stereocenters. The number of hydrogen-bond donors (Lipinski definition) is 1. The summed E-state index contributed by atoms with van der Waals surface area (Å²) in [4.78, 5) is 33.6. The quantitative estimate of drug-likeness (QED) is 0.266. The summed E-state index contributed by atoms with van der Waals surface area (Å²) in [6.45, 7) is 8.24. The number of ether oxygens (including phenoxy) is 1. The second-order valence-electron chi connectivity index (χ2n) is 10.9. The summed E-state index contributed by atoms with van der Waals surface area (Å²) in [6, 6.07) is 20.7. The van der Waals surface area contributed by atoms with E-state index in [0.717, 1.165) is 38.9 Å². The average molecular weight is 601 g/mol. The Balaban J connectivity index is 1.54. The molecule has 3 aromatic carbocycles. The Morgan fingerprint density at radius 3 is 2.55 bits per heavy atom. The summed E-state index contributed by atoms with van der Waals surface area (Å²) >= 11 is 1.32. The van der Waals surface area contributed by atoms with E-state index in [1.54, 1.807) is 11.7 Å². The fourth-order valence-electron chi connectivity index (χ4n) is 5.92. The van der Waals surface area contributed by atoms with Crippen LogP contribution in [0.25, 0.3) is 17.0 Å². The number of nitrogens with zero attached hydrogens (tertiary/aromatic N) is 3. The van der Waals surface area contributed by atoms with Crippen molar-refractivity contribution in [3.05, 3.63) is 126 Å². The van der Waals surface area contributed by atoms with Crippen molar-refractivity contribution in [1.29, 1.82) is 0 Å². The summed E-state index contributed by atoms with van der Waals surface area (Å²) in [7, 11) is 1.60. The predicted molar refractivity (Wildman–Crippen MR) is 177 cm³/mol. The number of thiazole rings is 1. The number of terminal acetylenes is 1. The molecule has 5 aromatic rings. The minimum absolute atomic E-state index is 0.216. The van der Waals surface area contributed by atoms with E-state index in [4.69, 9.17) is 16.2 Å². The molecule has 0 saturated heterocycles.